The number of para-hydroxylation sites is 1. The molecule has 25 heavy (non-hydrogen) atoms. The normalized spacial score (nSPS) is 17.8. The third kappa shape index (κ3) is 3.39. The molecule has 1 aromatic carbocycles. The SMILES string of the molecule is O=C(c1ccc(N2CCCCCC2)cn1)N1CCCc2ccccc21. The van der Waals surface area contributed by atoms with E-state index < -0.39 is 0 Å². The highest BCUT2D eigenvalue weighted by Crippen LogP contribution is 2.28. The zero-order chi connectivity index (χ0) is 17.1. The summed E-state index contributed by atoms with van der Waals surface area (Å²) in [6.07, 6.45) is 9.03. The van der Waals surface area contributed by atoms with E-state index in [9.17, 15) is 4.79 Å². The van der Waals surface area contributed by atoms with E-state index in [1.54, 1.807) is 0 Å². The number of carbonyl (C=O) groups excluding carboxylic acids is 1. The Morgan fingerprint density at radius 2 is 1.68 bits per heavy atom. The Labute approximate surface area is 149 Å². The van der Waals surface area contributed by atoms with E-state index in [1.807, 2.05) is 35.4 Å². The quantitative estimate of drug-likeness (QED) is 0.830. The number of hydrogen-bond donors (Lipinski definition) is 0. The molecule has 0 saturated carbocycles. The molecule has 0 unspecified atom stereocenters. The van der Waals surface area contributed by atoms with Gasteiger partial charge in [-0.2, -0.15) is 0 Å². The summed E-state index contributed by atoms with van der Waals surface area (Å²) < 4.78 is 0. The van der Waals surface area contributed by atoms with E-state index >= 15 is 0 Å². The number of carbonyl (C=O) groups is 1. The van der Waals surface area contributed by atoms with Crippen LogP contribution in [0.25, 0.3) is 0 Å². The Morgan fingerprint density at radius 1 is 0.880 bits per heavy atom. The number of aryl methyl sites for hydroxylation is 1. The van der Waals surface area contributed by atoms with Gasteiger partial charge in [0.1, 0.15) is 5.69 Å². The molecule has 0 radical (unpaired) electrons. The zero-order valence-electron chi connectivity index (χ0n) is 14.7. The van der Waals surface area contributed by atoms with Crippen LogP contribution in [0, 0.1) is 0 Å². The number of pyridine rings is 1. The second-order valence-corrected chi connectivity index (χ2v) is 6.99. The lowest BCUT2D eigenvalue weighted by Crippen LogP contribution is -2.36. The Kier molecular flexibility index (Phi) is 4.68. The molecule has 0 bridgehead atoms. The van der Waals surface area contributed by atoms with Crippen molar-refractivity contribution in [3.05, 3.63) is 53.9 Å². The number of anilines is 2. The first-order chi connectivity index (χ1) is 12.3. The van der Waals surface area contributed by atoms with Crippen molar-refractivity contribution >= 4 is 17.3 Å². The van der Waals surface area contributed by atoms with E-state index in [4.69, 9.17) is 0 Å². The predicted octanol–water partition coefficient (Wildman–Crippen LogP) is 4.06. The smallest absolute Gasteiger partial charge is 0.276 e. The van der Waals surface area contributed by atoms with Gasteiger partial charge in [0, 0.05) is 25.3 Å². The van der Waals surface area contributed by atoms with Crippen LogP contribution in [-0.4, -0.2) is 30.5 Å². The van der Waals surface area contributed by atoms with Crippen molar-refractivity contribution < 1.29 is 4.79 Å². The highest BCUT2D eigenvalue weighted by Gasteiger charge is 2.24. The summed E-state index contributed by atoms with van der Waals surface area (Å²) in [5, 5.41) is 0. The van der Waals surface area contributed by atoms with Crippen LogP contribution in [-0.2, 0) is 6.42 Å². The molecule has 2 aliphatic heterocycles. The fraction of sp³-hybridized carbons (Fsp3) is 0.429. The first-order valence-corrected chi connectivity index (χ1v) is 9.44. The molecule has 1 aromatic heterocycles. The van der Waals surface area contributed by atoms with Gasteiger partial charge in [0.05, 0.1) is 11.9 Å². The monoisotopic (exact) mass is 335 g/mol. The average molecular weight is 335 g/mol. The van der Waals surface area contributed by atoms with Crippen LogP contribution in [0.3, 0.4) is 0 Å². The van der Waals surface area contributed by atoms with Crippen molar-refractivity contribution in [2.75, 3.05) is 29.4 Å². The first kappa shape index (κ1) is 16.1. The van der Waals surface area contributed by atoms with E-state index in [0.717, 1.165) is 43.9 Å². The van der Waals surface area contributed by atoms with Gasteiger partial charge in [-0.05, 0) is 49.4 Å². The topological polar surface area (TPSA) is 36.4 Å². The Hall–Kier alpha value is -2.36. The maximum Gasteiger partial charge on any atom is 0.276 e. The molecular weight excluding hydrogens is 310 g/mol. The first-order valence-electron chi connectivity index (χ1n) is 9.44. The predicted molar refractivity (Wildman–Crippen MR) is 101 cm³/mol. The fourth-order valence-electron chi connectivity index (χ4n) is 3.91. The molecule has 0 atom stereocenters. The third-order valence-electron chi connectivity index (χ3n) is 5.29. The molecule has 130 valence electrons. The number of rotatable bonds is 2. The molecule has 1 amide bonds. The van der Waals surface area contributed by atoms with E-state index in [2.05, 4.69) is 22.0 Å². The van der Waals surface area contributed by atoms with Gasteiger partial charge in [-0.15, -0.1) is 0 Å². The highest BCUT2D eigenvalue weighted by molar-refractivity contribution is 6.05. The maximum absolute atomic E-state index is 13.0. The number of nitrogens with zero attached hydrogens (tertiary/aromatic N) is 3. The van der Waals surface area contributed by atoms with E-state index in [0.29, 0.717) is 5.69 Å². The largest absolute Gasteiger partial charge is 0.370 e. The van der Waals surface area contributed by atoms with Gasteiger partial charge < -0.3 is 9.80 Å². The van der Waals surface area contributed by atoms with Crippen molar-refractivity contribution in [2.45, 2.75) is 38.5 Å². The maximum atomic E-state index is 13.0. The summed E-state index contributed by atoms with van der Waals surface area (Å²) in [7, 11) is 0. The van der Waals surface area contributed by atoms with Crippen molar-refractivity contribution in [2.24, 2.45) is 0 Å². The second kappa shape index (κ2) is 7.26. The van der Waals surface area contributed by atoms with Gasteiger partial charge in [0.2, 0.25) is 0 Å². The molecule has 0 spiro atoms. The van der Waals surface area contributed by atoms with Crippen LogP contribution in [0.1, 0.15) is 48.2 Å². The van der Waals surface area contributed by atoms with Gasteiger partial charge in [-0.25, -0.2) is 4.98 Å². The van der Waals surface area contributed by atoms with Crippen molar-refractivity contribution in [1.29, 1.82) is 0 Å². The van der Waals surface area contributed by atoms with Crippen molar-refractivity contribution in [3.8, 4) is 0 Å². The second-order valence-electron chi connectivity index (χ2n) is 6.99. The molecule has 4 rings (SSSR count). The summed E-state index contributed by atoms with van der Waals surface area (Å²) in [5.74, 6) is 0.00886. The summed E-state index contributed by atoms with van der Waals surface area (Å²) in [5.41, 5.74) is 3.97. The number of fused-ring (bicyclic) bond motifs is 1. The molecule has 1 fully saturated rings. The molecule has 2 aromatic rings. The van der Waals surface area contributed by atoms with Crippen molar-refractivity contribution in [1.82, 2.24) is 4.98 Å². The third-order valence-corrected chi connectivity index (χ3v) is 5.29. The Balaban J connectivity index is 1.53. The number of benzene rings is 1. The Bertz CT molecular complexity index is 733. The molecule has 4 nitrogen and oxygen atoms in total. The lowest BCUT2D eigenvalue weighted by atomic mass is 10.0. The van der Waals surface area contributed by atoms with E-state index in [-0.39, 0.29) is 5.91 Å². The minimum absolute atomic E-state index is 0.00886. The van der Waals surface area contributed by atoms with Gasteiger partial charge in [0.15, 0.2) is 0 Å². The van der Waals surface area contributed by atoms with E-state index in [1.165, 1.54) is 31.2 Å². The highest BCUT2D eigenvalue weighted by atomic mass is 16.2. The minimum Gasteiger partial charge on any atom is -0.370 e. The number of hydrogen-bond acceptors (Lipinski definition) is 3. The van der Waals surface area contributed by atoms with Gasteiger partial charge in [-0.1, -0.05) is 31.0 Å². The van der Waals surface area contributed by atoms with Crippen LogP contribution in [0.4, 0.5) is 11.4 Å². The zero-order valence-corrected chi connectivity index (χ0v) is 14.7. The molecule has 0 aliphatic carbocycles. The molecular formula is C21H25N3O. The number of aromatic nitrogens is 1. The van der Waals surface area contributed by atoms with Gasteiger partial charge in [-0.3, -0.25) is 4.79 Å². The standard InChI is InChI=1S/C21H25N3O/c25-21(24-15-7-9-17-8-3-4-10-20(17)24)19-12-11-18(16-22-19)23-13-5-1-2-6-14-23/h3-4,8,10-12,16H,1-2,5-7,9,13-15H2. The van der Waals surface area contributed by atoms with Gasteiger partial charge >= 0.3 is 0 Å². The van der Waals surface area contributed by atoms with Crippen LogP contribution < -0.4 is 9.80 Å². The minimum atomic E-state index is 0.00886. The molecule has 0 N–H and O–H groups in total. The molecule has 4 heteroatoms. The summed E-state index contributed by atoms with van der Waals surface area (Å²) in [6, 6.07) is 12.1. The summed E-state index contributed by atoms with van der Waals surface area (Å²) in [4.78, 5) is 21.7. The lowest BCUT2D eigenvalue weighted by molar-refractivity contribution is 0.0980. The summed E-state index contributed by atoms with van der Waals surface area (Å²) >= 11 is 0. The average Bonchev–Trinajstić information content (AvgIpc) is 2.97. The Morgan fingerprint density at radius 3 is 2.44 bits per heavy atom. The van der Waals surface area contributed by atoms with Crippen LogP contribution in [0.5, 0.6) is 0 Å². The number of amides is 1. The molecule has 1 saturated heterocycles. The summed E-state index contributed by atoms with van der Waals surface area (Å²) in [6.45, 7) is 2.95. The fourth-order valence-corrected chi connectivity index (χ4v) is 3.91. The van der Waals surface area contributed by atoms with Gasteiger partial charge in [0.25, 0.3) is 5.91 Å². The molecule has 3 heterocycles. The van der Waals surface area contributed by atoms with Crippen LogP contribution in [0.15, 0.2) is 42.6 Å². The van der Waals surface area contributed by atoms with Crippen molar-refractivity contribution in [3.63, 3.8) is 0 Å². The molecule has 2 aliphatic rings. The van der Waals surface area contributed by atoms with Crippen LogP contribution in [0.2, 0.25) is 0 Å². The lowest BCUT2D eigenvalue weighted by Gasteiger charge is -2.29. The van der Waals surface area contributed by atoms with Crippen LogP contribution >= 0.6 is 0 Å².